The Morgan fingerprint density at radius 2 is 1.92 bits per heavy atom. The lowest BCUT2D eigenvalue weighted by molar-refractivity contribution is -0.115. The van der Waals surface area contributed by atoms with E-state index in [1.165, 1.54) is 0 Å². The normalized spacial score (nSPS) is 23.2. The van der Waals surface area contributed by atoms with Crippen molar-refractivity contribution in [2.45, 2.75) is 25.4 Å². The first kappa shape index (κ1) is 9.58. The molecule has 1 rings (SSSR count). The maximum absolute atomic E-state index is 11.9. The fraction of sp³-hybridized carbons (Fsp3) is 0.571. The van der Waals surface area contributed by atoms with Gasteiger partial charge in [-0.3, -0.25) is 4.79 Å². The molecule has 68 valence electrons. The van der Waals surface area contributed by atoms with Crippen molar-refractivity contribution in [2.24, 2.45) is 0 Å². The lowest BCUT2D eigenvalue weighted by atomic mass is 10.2. The van der Waals surface area contributed by atoms with E-state index < -0.39 is 17.0 Å². The van der Waals surface area contributed by atoms with Gasteiger partial charge in [0.15, 0.2) is 5.78 Å². The molecule has 1 saturated carbocycles. The van der Waals surface area contributed by atoms with Crippen molar-refractivity contribution in [3.63, 3.8) is 0 Å². The summed E-state index contributed by atoms with van der Waals surface area (Å²) in [5.74, 6) is -0.475. The van der Waals surface area contributed by atoms with E-state index in [-0.39, 0.29) is 18.4 Å². The Kier molecular flexibility index (Phi) is 2.46. The Hall–Kier alpha value is -0.510. The van der Waals surface area contributed by atoms with E-state index in [0.29, 0.717) is 6.42 Å². The standard InChI is InChI=1S/C7H6ClF3O/c8-6(7(9,10)11)4-2-1-3-5(4)12/h1-3H2. The van der Waals surface area contributed by atoms with Crippen molar-refractivity contribution < 1.29 is 18.0 Å². The van der Waals surface area contributed by atoms with Crippen LogP contribution in [0.4, 0.5) is 13.2 Å². The van der Waals surface area contributed by atoms with E-state index in [1.807, 2.05) is 0 Å². The Morgan fingerprint density at radius 1 is 1.33 bits per heavy atom. The van der Waals surface area contributed by atoms with Gasteiger partial charge in [-0.25, -0.2) is 0 Å². The monoisotopic (exact) mass is 198 g/mol. The highest BCUT2D eigenvalue weighted by molar-refractivity contribution is 6.32. The molecule has 1 aliphatic carbocycles. The van der Waals surface area contributed by atoms with Gasteiger partial charge in [0.25, 0.3) is 0 Å². The van der Waals surface area contributed by atoms with Crippen LogP contribution in [0.15, 0.2) is 10.6 Å². The molecule has 0 heterocycles. The molecule has 1 nitrogen and oxygen atoms in total. The molecule has 5 heteroatoms. The SMILES string of the molecule is O=C1CCCC1=C(Cl)C(F)(F)F. The van der Waals surface area contributed by atoms with Crippen LogP contribution < -0.4 is 0 Å². The lowest BCUT2D eigenvalue weighted by Crippen LogP contribution is -2.11. The molecule has 0 amide bonds. The topological polar surface area (TPSA) is 17.1 Å². The van der Waals surface area contributed by atoms with Gasteiger partial charge in [0, 0.05) is 12.0 Å². The van der Waals surface area contributed by atoms with Crippen LogP contribution in [0.25, 0.3) is 0 Å². The van der Waals surface area contributed by atoms with E-state index in [1.54, 1.807) is 0 Å². The first-order valence-electron chi connectivity index (χ1n) is 3.42. The zero-order chi connectivity index (χ0) is 9.35. The summed E-state index contributed by atoms with van der Waals surface area (Å²) in [6, 6.07) is 0. The maximum atomic E-state index is 11.9. The number of ketones is 1. The highest BCUT2D eigenvalue weighted by atomic mass is 35.5. The zero-order valence-electron chi connectivity index (χ0n) is 6.04. The van der Waals surface area contributed by atoms with E-state index in [4.69, 9.17) is 11.6 Å². The number of Topliss-reactive ketones (excluding diaryl/α,β-unsaturated/α-hetero) is 1. The van der Waals surface area contributed by atoms with Crippen molar-refractivity contribution >= 4 is 17.4 Å². The number of halogens is 4. The van der Waals surface area contributed by atoms with E-state index in [2.05, 4.69) is 0 Å². The molecule has 0 aromatic rings. The number of hydrogen-bond acceptors (Lipinski definition) is 1. The second kappa shape index (κ2) is 3.09. The highest BCUT2D eigenvalue weighted by Gasteiger charge is 2.37. The van der Waals surface area contributed by atoms with Crippen molar-refractivity contribution in [3.8, 4) is 0 Å². The summed E-state index contributed by atoms with van der Waals surface area (Å²) in [5.41, 5.74) is -0.260. The molecule has 1 aliphatic rings. The summed E-state index contributed by atoms with van der Waals surface area (Å²) in [5, 5.41) is -1.25. The molecular formula is C7H6ClF3O. The van der Waals surface area contributed by atoms with Gasteiger partial charge in [0.05, 0.1) is 0 Å². The average molecular weight is 199 g/mol. The van der Waals surface area contributed by atoms with Crippen LogP contribution in [-0.4, -0.2) is 12.0 Å². The van der Waals surface area contributed by atoms with Crippen molar-refractivity contribution in [1.82, 2.24) is 0 Å². The number of hydrogen-bond donors (Lipinski definition) is 0. The van der Waals surface area contributed by atoms with Crippen molar-refractivity contribution in [3.05, 3.63) is 10.6 Å². The fourth-order valence-corrected chi connectivity index (χ4v) is 1.32. The van der Waals surface area contributed by atoms with Crippen LogP contribution in [-0.2, 0) is 4.79 Å². The zero-order valence-corrected chi connectivity index (χ0v) is 6.80. The van der Waals surface area contributed by atoms with Gasteiger partial charge in [0.1, 0.15) is 5.03 Å². The highest BCUT2D eigenvalue weighted by Crippen LogP contribution is 2.36. The van der Waals surface area contributed by atoms with Crippen LogP contribution >= 0.6 is 11.6 Å². The molecule has 0 spiro atoms. The first-order chi connectivity index (χ1) is 5.43. The number of carbonyl (C=O) groups is 1. The number of rotatable bonds is 0. The third-order valence-corrected chi connectivity index (χ3v) is 2.12. The molecular weight excluding hydrogens is 193 g/mol. The minimum absolute atomic E-state index is 0.150. The van der Waals surface area contributed by atoms with Gasteiger partial charge < -0.3 is 0 Å². The van der Waals surface area contributed by atoms with Gasteiger partial charge in [-0.05, 0) is 12.8 Å². The number of carbonyl (C=O) groups excluding carboxylic acids is 1. The summed E-state index contributed by atoms with van der Waals surface area (Å²) in [6.07, 6.45) is -3.77. The summed E-state index contributed by atoms with van der Waals surface area (Å²) >= 11 is 4.99. The molecule has 0 aromatic heterocycles. The molecule has 1 fully saturated rings. The third-order valence-electron chi connectivity index (χ3n) is 1.68. The summed E-state index contributed by atoms with van der Waals surface area (Å²) in [4.78, 5) is 10.8. The van der Waals surface area contributed by atoms with E-state index >= 15 is 0 Å². The van der Waals surface area contributed by atoms with Crippen LogP contribution in [0.1, 0.15) is 19.3 Å². The molecule has 0 radical (unpaired) electrons. The van der Waals surface area contributed by atoms with Crippen molar-refractivity contribution in [2.75, 3.05) is 0 Å². The quantitative estimate of drug-likeness (QED) is 0.547. The summed E-state index contributed by atoms with van der Waals surface area (Å²) in [7, 11) is 0. The van der Waals surface area contributed by atoms with Crippen LogP contribution in [0, 0.1) is 0 Å². The largest absolute Gasteiger partial charge is 0.427 e. The molecule has 0 aromatic carbocycles. The molecule has 0 aliphatic heterocycles. The minimum Gasteiger partial charge on any atom is -0.295 e. The Morgan fingerprint density at radius 3 is 2.25 bits per heavy atom. The molecule has 0 bridgehead atoms. The lowest BCUT2D eigenvalue weighted by Gasteiger charge is -2.06. The number of alkyl halides is 3. The van der Waals surface area contributed by atoms with Gasteiger partial charge in [-0.2, -0.15) is 13.2 Å². The van der Waals surface area contributed by atoms with Crippen LogP contribution in [0.5, 0.6) is 0 Å². The van der Waals surface area contributed by atoms with Crippen molar-refractivity contribution in [1.29, 1.82) is 0 Å². The second-order valence-electron chi connectivity index (χ2n) is 2.57. The molecule has 0 atom stereocenters. The van der Waals surface area contributed by atoms with Crippen LogP contribution in [0.2, 0.25) is 0 Å². The third kappa shape index (κ3) is 1.80. The van der Waals surface area contributed by atoms with E-state index in [0.717, 1.165) is 0 Å². The Labute approximate surface area is 72.2 Å². The first-order valence-corrected chi connectivity index (χ1v) is 3.80. The predicted octanol–water partition coefficient (Wildman–Crippen LogP) is 2.79. The van der Waals surface area contributed by atoms with Gasteiger partial charge in [-0.1, -0.05) is 11.6 Å². The molecule has 0 saturated heterocycles. The molecule has 12 heavy (non-hydrogen) atoms. The Bertz CT molecular complexity index is 242. The molecule has 0 unspecified atom stereocenters. The fourth-order valence-electron chi connectivity index (χ4n) is 1.12. The van der Waals surface area contributed by atoms with Gasteiger partial charge in [-0.15, -0.1) is 0 Å². The van der Waals surface area contributed by atoms with E-state index in [9.17, 15) is 18.0 Å². The minimum atomic E-state index is -4.57. The Balaban J connectivity index is 2.97. The predicted molar refractivity (Wildman–Crippen MR) is 37.8 cm³/mol. The number of allylic oxidation sites excluding steroid dienone is 2. The van der Waals surface area contributed by atoms with Gasteiger partial charge in [0.2, 0.25) is 0 Å². The maximum Gasteiger partial charge on any atom is 0.427 e. The second-order valence-corrected chi connectivity index (χ2v) is 2.94. The van der Waals surface area contributed by atoms with Crippen LogP contribution in [0.3, 0.4) is 0 Å². The molecule has 0 N–H and O–H groups in total. The average Bonchev–Trinajstić information content (AvgIpc) is 2.31. The summed E-state index contributed by atoms with van der Waals surface area (Å²) < 4.78 is 35.8. The van der Waals surface area contributed by atoms with Gasteiger partial charge >= 0.3 is 6.18 Å². The summed E-state index contributed by atoms with van der Waals surface area (Å²) in [6.45, 7) is 0. The smallest absolute Gasteiger partial charge is 0.295 e.